The van der Waals surface area contributed by atoms with Crippen LogP contribution in [-0.4, -0.2) is 35.9 Å². The number of carboxylic acids is 1. The van der Waals surface area contributed by atoms with Crippen LogP contribution in [0.1, 0.15) is 24.0 Å². The lowest BCUT2D eigenvalue weighted by Gasteiger charge is -2.25. The number of hydrogen-bond acceptors (Lipinski definition) is 3. The maximum atomic E-state index is 13.8. The smallest absolute Gasteiger partial charge is 0.314 e. The fourth-order valence-electron chi connectivity index (χ4n) is 2.89. The van der Waals surface area contributed by atoms with Crippen molar-refractivity contribution >= 4 is 11.8 Å². The van der Waals surface area contributed by atoms with E-state index in [0.717, 1.165) is 0 Å². The number of rotatable bonds is 3. The van der Waals surface area contributed by atoms with Crippen molar-refractivity contribution in [2.45, 2.75) is 25.2 Å². The number of Topliss-reactive ketones (excluding diaryl/α,β-unsaturated/α-hetero) is 1. The molecule has 1 aromatic carbocycles. The van der Waals surface area contributed by atoms with Gasteiger partial charge in [0.05, 0.1) is 0 Å². The van der Waals surface area contributed by atoms with Gasteiger partial charge in [0, 0.05) is 32.3 Å². The Morgan fingerprint density at radius 2 is 2.05 bits per heavy atom. The number of benzene rings is 1. The molecule has 0 saturated heterocycles. The van der Waals surface area contributed by atoms with Crippen LogP contribution in [0.15, 0.2) is 30.0 Å². The second-order valence-electron chi connectivity index (χ2n) is 5.69. The zero-order valence-electron chi connectivity index (χ0n) is 12.3. The molecule has 1 aliphatic rings. The van der Waals surface area contributed by atoms with E-state index in [2.05, 4.69) is 0 Å². The Morgan fingerprint density at radius 1 is 1.38 bits per heavy atom. The summed E-state index contributed by atoms with van der Waals surface area (Å²) in [5.74, 6) is -1.74. The van der Waals surface area contributed by atoms with Gasteiger partial charge in [-0.3, -0.25) is 9.59 Å². The van der Waals surface area contributed by atoms with E-state index in [1.54, 1.807) is 38.2 Å². The van der Waals surface area contributed by atoms with Crippen molar-refractivity contribution in [2.24, 2.45) is 0 Å². The van der Waals surface area contributed by atoms with Crippen molar-refractivity contribution in [3.8, 4) is 0 Å². The van der Waals surface area contributed by atoms with Crippen molar-refractivity contribution in [3.05, 3.63) is 46.9 Å². The zero-order chi connectivity index (χ0) is 15.8. The van der Waals surface area contributed by atoms with E-state index in [9.17, 15) is 19.1 Å². The minimum atomic E-state index is -1.37. The molecule has 1 saturated carbocycles. The lowest BCUT2D eigenvalue weighted by atomic mass is 9.76. The Bertz CT molecular complexity index is 636. The molecule has 1 aliphatic carbocycles. The Hall–Kier alpha value is -2.17. The molecule has 1 unspecified atom stereocenters. The molecule has 0 bridgehead atoms. The molecule has 0 aromatic heterocycles. The minimum Gasteiger partial charge on any atom is -0.481 e. The Kier molecular flexibility index (Phi) is 3.85. The summed E-state index contributed by atoms with van der Waals surface area (Å²) < 4.78 is 13.8. The average molecular weight is 291 g/mol. The van der Waals surface area contributed by atoms with Crippen LogP contribution in [0.4, 0.5) is 4.39 Å². The lowest BCUT2D eigenvalue weighted by molar-refractivity contribution is -0.144. The van der Waals surface area contributed by atoms with Gasteiger partial charge in [-0.25, -0.2) is 4.39 Å². The minimum absolute atomic E-state index is 0.0869. The number of carbonyl (C=O) groups is 2. The number of carboxylic acid groups (broad SMARTS) is 1. The Balaban J connectivity index is 2.57. The maximum Gasteiger partial charge on any atom is 0.314 e. The van der Waals surface area contributed by atoms with Crippen LogP contribution in [0, 0.1) is 12.7 Å². The maximum absolute atomic E-state index is 13.8. The van der Waals surface area contributed by atoms with Gasteiger partial charge < -0.3 is 10.0 Å². The predicted molar refractivity (Wildman–Crippen MR) is 76.5 cm³/mol. The molecule has 5 heteroatoms. The number of aliphatic carboxylic acids is 1. The third-order valence-corrected chi connectivity index (χ3v) is 3.92. The number of nitrogens with zero attached hydrogens (tertiary/aromatic N) is 1. The monoisotopic (exact) mass is 291 g/mol. The highest BCUT2D eigenvalue weighted by molar-refractivity contribution is 6.05. The van der Waals surface area contributed by atoms with E-state index in [1.165, 1.54) is 12.1 Å². The Morgan fingerprint density at radius 3 is 2.62 bits per heavy atom. The second kappa shape index (κ2) is 5.31. The Labute approximate surface area is 122 Å². The van der Waals surface area contributed by atoms with Crippen LogP contribution in [0.2, 0.25) is 0 Å². The predicted octanol–water partition coefficient (Wildman–Crippen LogP) is 2.26. The molecule has 0 amide bonds. The first-order valence-corrected chi connectivity index (χ1v) is 6.67. The number of allylic oxidation sites excluding steroid dienone is 1. The standard InChI is InChI=1S/C16H18FNO3/c1-10-12(5-4-6-13(10)17)16(15(20)21)7-11(9-18(2)3)14(19)8-16/h4-6,9H,7-8H2,1-3H3,(H,20,21)/b11-9+. The van der Waals surface area contributed by atoms with E-state index < -0.39 is 17.2 Å². The molecule has 0 spiro atoms. The summed E-state index contributed by atoms with van der Waals surface area (Å²) in [5.41, 5.74) is -0.235. The van der Waals surface area contributed by atoms with E-state index >= 15 is 0 Å². The highest BCUT2D eigenvalue weighted by Gasteiger charge is 2.50. The SMILES string of the molecule is Cc1c(F)cccc1C1(C(=O)O)CC(=O)/C(=C/N(C)C)C1. The van der Waals surface area contributed by atoms with Gasteiger partial charge >= 0.3 is 5.97 Å². The molecule has 0 aliphatic heterocycles. The molecular weight excluding hydrogens is 273 g/mol. The van der Waals surface area contributed by atoms with Gasteiger partial charge in [-0.1, -0.05) is 12.1 Å². The lowest BCUT2D eigenvalue weighted by Crippen LogP contribution is -2.34. The van der Waals surface area contributed by atoms with Crippen molar-refractivity contribution in [1.29, 1.82) is 0 Å². The first-order chi connectivity index (χ1) is 9.78. The molecule has 1 fully saturated rings. The largest absolute Gasteiger partial charge is 0.481 e. The number of hydrogen-bond donors (Lipinski definition) is 1. The highest BCUT2D eigenvalue weighted by atomic mass is 19.1. The van der Waals surface area contributed by atoms with Crippen LogP contribution in [-0.2, 0) is 15.0 Å². The summed E-state index contributed by atoms with van der Waals surface area (Å²) in [6.45, 7) is 1.55. The first-order valence-electron chi connectivity index (χ1n) is 6.67. The summed E-state index contributed by atoms with van der Waals surface area (Å²) in [7, 11) is 3.54. The van der Waals surface area contributed by atoms with Gasteiger partial charge in [-0.05, 0) is 30.5 Å². The fourth-order valence-corrected chi connectivity index (χ4v) is 2.89. The molecule has 1 aromatic rings. The fraction of sp³-hybridized carbons (Fsp3) is 0.375. The van der Waals surface area contributed by atoms with E-state index in [1.807, 2.05) is 0 Å². The van der Waals surface area contributed by atoms with Gasteiger partial charge in [0.1, 0.15) is 11.2 Å². The second-order valence-corrected chi connectivity index (χ2v) is 5.69. The van der Waals surface area contributed by atoms with Crippen molar-refractivity contribution in [2.75, 3.05) is 14.1 Å². The summed E-state index contributed by atoms with van der Waals surface area (Å²) in [6, 6.07) is 4.38. The third-order valence-electron chi connectivity index (χ3n) is 3.92. The van der Waals surface area contributed by atoms with Crippen LogP contribution in [0.25, 0.3) is 0 Å². The summed E-state index contributed by atoms with van der Waals surface area (Å²) in [6.07, 6.45) is 1.59. The van der Waals surface area contributed by atoms with Crippen LogP contribution < -0.4 is 0 Å². The summed E-state index contributed by atoms with van der Waals surface area (Å²) in [4.78, 5) is 25.7. The quantitative estimate of drug-likeness (QED) is 0.868. The highest BCUT2D eigenvalue weighted by Crippen LogP contribution is 2.44. The molecule has 112 valence electrons. The normalized spacial score (nSPS) is 23.6. The van der Waals surface area contributed by atoms with E-state index in [0.29, 0.717) is 16.7 Å². The molecule has 4 nitrogen and oxygen atoms in total. The number of halogens is 1. The van der Waals surface area contributed by atoms with Gasteiger partial charge in [-0.2, -0.15) is 0 Å². The van der Waals surface area contributed by atoms with E-state index in [4.69, 9.17) is 0 Å². The summed E-state index contributed by atoms with van der Waals surface area (Å²) >= 11 is 0. The van der Waals surface area contributed by atoms with Crippen LogP contribution in [0.5, 0.6) is 0 Å². The zero-order valence-corrected chi connectivity index (χ0v) is 12.3. The number of ketones is 1. The average Bonchev–Trinajstić information content (AvgIpc) is 2.70. The molecule has 1 N–H and O–H groups in total. The molecule has 2 rings (SSSR count). The molecular formula is C16H18FNO3. The van der Waals surface area contributed by atoms with E-state index in [-0.39, 0.29) is 18.6 Å². The van der Waals surface area contributed by atoms with Gasteiger partial charge in [0.15, 0.2) is 5.78 Å². The van der Waals surface area contributed by atoms with Gasteiger partial charge in [0.2, 0.25) is 0 Å². The van der Waals surface area contributed by atoms with Crippen molar-refractivity contribution in [3.63, 3.8) is 0 Å². The molecule has 0 radical (unpaired) electrons. The third kappa shape index (κ3) is 2.55. The summed E-state index contributed by atoms with van der Waals surface area (Å²) in [5, 5.41) is 9.69. The van der Waals surface area contributed by atoms with Gasteiger partial charge in [0.25, 0.3) is 0 Å². The van der Waals surface area contributed by atoms with Crippen molar-refractivity contribution < 1.29 is 19.1 Å². The van der Waals surface area contributed by atoms with Crippen LogP contribution in [0.3, 0.4) is 0 Å². The van der Waals surface area contributed by atoms with Crippen molar-refractivity contribution in [1.82, 2.24) is 4.90 Å². The number of carbonyl (C=O) groups excluding carboxylic acids is 1. The topological polar surface area (TPSA) is 57.6 Å². The molecule has 21 heavy (non-hydrogen) atoms. The van der Waals surface area contributed by atoms with Gasteiger partial charge in [-0.15, -0.1) is 0 Å². The first kappa shape index (κ1) is 15.2. The molecule has 1 atom stereocenters. The molecule has 0 heterocycles. The van der Waals surface area contributed by atoms with Crippen LogP contribution >= 0.6 is 0 Å².